The van der Waals surface area contributed by atoms with E-state index in [0.717, 1.165) is 0 Å². The lowest BCUT2D eigenvalue weighted by Crippen LogP contribution is -1.82. The highest BCUT2D eigenvalue weighted by Gasteiger charge is 1.97. The summed E-state index contributed by atoms with van der Waals surface area (Å²) < 4.78 is 12.5. The second-order valence-electron chi connectivity index (χ2n) is 1.92. The van der Waals surface area contributed by atoms with Gasteiger partial charge in [0.1, 0.15) is 5.82 Å². The Morgan fingerprint density at radius 3 is 2.67 bits per heavy atom. The van der Waals surface area contributed by atoms with Crippen LogP contribution < -0.4 is 0 Å². The Labute approximate surface area is 80.1 Å². The first-order valence-corrected chi connectivity index (χ1v) is 3.24. The number of hydrogen-bond acceptors (Lipinski definition) is 2. The average Bonchev–Trinajstić information content (AvgIpc) is 1.98. The van der Waals surface area contributed by atoms with E-state index in [-0.39, 0.29) is 17.4 Å². The Hall–Kier alpha value is -0.800. The minimum Gasteiger partial charge on any atom is -0.411 e. The van der Waals surface area contributed by atoms with E-state index in [0.29, 0.717) is 5.56 Å². The molecular weight excluding hydrogens is 204 g/mol. The Morgan fingerprint density at radius 1 is 1.50 bits per heavy atom. The minimum atomic E-state index is -0.484. The fourth-order valence-electron chi connectivity index (χ4n) is 0.659. The molecule has 66 valence electrons. The van der Waals surface area contributed by atoms with E-state index in [2.05, 4.69) is 5.16 Å². The van der Waals surface area contributed by atoms with Gasteiger partial charge >= 0.3 is 0 Å². The van der Waals surface area contributed by atoms with Gasteiger partial charge in [-0.1, -0.05) is 22.8 Å². The van der Waals surface area contributed by atoms with Gasteiger partial charge in [-0.3, -0.25) is 0 Å². The molecule has 0 saturated carbocycles. The average molecular weight is 210 g/mol. The van der Waals surface area contributed by atoms with Gasteiger partial charge in [0.2, 0.25) is 0 Å². The van der Waals surface area contributed by atoms with Crippen LogP contribution in [0.25, 0.3) is 0 Å². The van der Waals surface area contributed by atoms with Crippen molar-refractivity contribution in [3.8, 4) is 0 Å². The molecule has 0 aromatic heterocycles. The van der Waals surface area contributed by atoms with Crippen molar-refractivity contribution in [1.29, 1.82) is 0 Å². The Kier molecular flexibility index (Phi) is 4.62. The normalized spacial score (nSPS) is 9.83. The van der Waals surface area contributed by atoms with E-state index in [1.165, 1.54) is 24.4 Å². The lowest BCUT2D eigenvalue weighted by molar-refractivity contribution is 0.322. The summed E-state index contributed by atoms with van der Waals surface area (Å²) in [6.45, 7) is 0. The number of benzene rings is 1. The maximum atomic E-state index is 12.5. The summed E-state index contributed by atoms with van der Waals surface area (Å²) in [7, 11) is 0. The molecule has 0 saturated heterocycles. The highest BCUT2D eigenvalue weighted by Crippen LogP contribution is 2.14. The molecule has 2 nitrogen and oxygen atoms in total. The Bertz CT molecular complexity index is 291. The van der Waals surface area contributed by atoms with Crippen molar-refractivity contribution in [2.75, 3.05) is 0 Å². The Morgan fingerprint density at radius 2 is 2.17 bits per heavy atom. The van der Waals surface area contributed by atoms with Crippen LogP contribution in [0.4, 0.5) is 4.39 Å². The standard InChI is InChI=1S/C7H5ClFNO.ClH/c8-6-3-5(4-10-11)1-2-7(6)9;/h1-4,11H;1H. The van der Waals surface area contributed by atoms with Crippen molar-refractivity contribution < 1.29 is 9.60 Å². The second-order valence-corrected chi connectivity index (χ2v) is 2.33. The van der Waals surface area contributed by atoms with Gasteiger partial charge in [0.15, 0.2) is 0 Å². The fourth-order valence-corrected chi connectivity index (χ4v) is 0.848. The maximum Gasteiger partial charge on any atom is 0.141 e. The molecule has 0 radical (unpaired) electrons. The van der Waals surface area contributed by atoms with Crippen molar-refractivity contribution >= 4 is 30.2 Å². The van der Waals surface area contributed by atoms with Crippen molar-refractivity contribution in [3.05, 3.63) is 34.6 Å². The number of halogens is 3. The van der Waals surface area contributed by atoms with Gasteiger partial charge in [0, 0.05) is 0 Å². The van der Waals surface area contributed by atoms with Crippen LogP contribution in [-0.2, 0) is 0 Å². The van der Waals surface area contributed by atoms with E-state index in [9.17, 15) is 4.39 Å². The third kappa shape index (κ3) is 2.68. The molecular formula is C7H6Cl2FNO. The van der Waals surface area contributed by atoms with Crippen LogP contribution in [0, 0.1) is 5.82 Å². The van der Waals surface area contributed by atoms with Crippen molar-refractivity contribution in [1.82, 2.24) is 0 Å². The number of rotatable bonds is 1. The monoisotopic (exact) mass is 209 g/mol. The van der Waals surface area contributed by atoms with Gasteiger partial charge in [-0.25, -0.2) is 4.39 Å². The SMILES string of the molecule is Cl.ON=Cc1ccc(F)c(Cl)c1. The van der Waals surface area contributed by atoms with E-state index in [1.54, 1.807) is 0 Å². The van der Waals surface area contributed by atoms with Crippen LogP contribution in [0.5, 0.6) is 0 Å². The third-order valence-corrected chi connectivity index (χ3v) is 1.44. The molecule has 0 unspecified atom stereocenters. The first-order valence-electron chi connectivity index (χ1n) is 2.86. The number of oxime groups is 1. The lowest BCUT2D eigenvalue weighted by Gasteiger charge is -1.93. The molecule has 1 N–H and O–H groups in total. The first kappa shape index (κ1) is 11.2. The van der Waals surface area contributed by atoms with Crippen molar-refractivity contribution in [2.24, 2.45) is 5.16 Å². The number of hydrogen-bond donors (Lipinski definition) is 1. The summed E-state index contributed by atoms with van der Waals surface area (Å²) in [5.74, 6) is -0.484. The molecule has 12 heavy (non-hydrogen) atoms. The summed E-state index contributed by atoms with van der Waals surface area (Å²) in [6, 6.07) is 4.04. The molecule has 0 bridgehead atoms. The van der Waals surface area contributed by atoms with Crippen LogP contribution >= 0.6 is 24.0 Å². The van der Waals surface area contributed by atoms with Crippen LogP contribution in [-0.4, -0.2) is 11.4 Å². The van der Waals surface area contributed by atoms with E-state index >= 15 is 0 Å². The molecule has 0 heterocycles. The van der Waals surface area contributed by atoms with E-state index in [4.69, 9.17) is 16.8 Å². The summed E-state index contributed by atoms with van der Waals surface area (Å²) in [5.41, 5.74) is 0.555. The first-order chi connectivity index (χ1) is 5.24. The Balaban J connectivity index is 0.00000121. The zero-order valence-corrected chi connectivity index (χ0v) is 7.44. The summed E-state index contributed by atoms with van der Waals surface area (Å²) >= 11 is 5.43. The topological polar surface area (TPSA) is 32.6 Å². The smallest absolute Gasteiger partial charge is 0.141 e. The lowest BCUT2D eigenvalue weighted by atomic mass is 10.2. The van der Waals surface area contributed by atoms with E-state index in [1.807, 2.05) is 0 Å². The zero-order valence-electron chi connectivity index (χ0n) is 5.87. The largest absolute Gasteiger partial charge is 0.411 e. The second kappa shape index (κ2) is 4.95. The van der Waals surface area contributed by atoms with Crippen molar-refractivity contribution in [2.45, 2.75) is 0 Å². The predicted octanol–water partition coefficient (Wildman–Crippen LogP) is 2.71. The summed E-state index contributed by atoms with van der Waals surface area (Å²) in [5, 5.41) is 10.9. The minimum absolute atomic E-state index is 0. The van der Waals surface area contributed by atoms with Crippen LogP contribution in [0.1, 0.15) is 5.56 Å². The molecule has 0 aliphatic rings. The van der Waals surface area contributed by atoms with Crippen LogP contribution in [0.2, 0.25) is 5.02 Å². The molecule has 0 fully saturated rings. The molecule has 1 aromatic carbocycles. The van der Waals surface area contributed by atoms with E-state index < -0.39 is 5.82 Å². The molecule has 0 atom stereocenters. The highest BCUT2D eigenvalue weighted by atomic mass is 35.5. The molecule has 0 amide bonds. The summed E-state index contributed by atoms with van der Waals surface area (Å²) in [6.07, 6.45) is 1.17. The molecule has 1 rings (SSSR count). The molecule has 0 spiro atoms. The van der Waals surface area contributed by atoms with Gasteiger partial charge in [0.05, 0.1) is 11.2 Å². The van der Waals surface area contributed by atoms with Gasteiger partial charge in [-0.2, -0.15) is 0 Å². The highest BCUT2D eigenvalue weighted by molar-refractivity contribution is 6.31. The van der Waals surface area contributed by atoms with Gasteiger partial charge in [-0.15, -0.1) is 12.4 Å². The van der Waals surface area contributed by atoms with Gasteiger partial charge in [0.25, 0.3) is 0 Å². The summed E-state index contributed by atoms with van der Waals surface area (Å²) in [4.78, 5) is 0. The number of nitrogens with zero attached hydrogens (tertiary/aromatic N) is 1. The maximum absolute atomic E-state index is 12.5. The fraction of sp³-hybridized carbons (Fsp3) is 0. The van der Waals surface area contributed by atoms with Gasteiger partial charge < -0.3 is 5.21 Å². The molecule has 0 aliphatic carbocycles. The molecule has 1 aromatic rings. The van der Waals surface area contributed by atoms with Crippen LogP contribution in [0.15, 0.2) is 23.4 Å². The quantitative estimate of drug-likeness (QED) is 0.431. The predicted molar refractivity (Wildman–Crippen MR) is 48.0 cm³/mol. The molecule has 0 aliphatic heterocycles. The zero-order chi connectivity index (χ0) is 8.27. The molecule has 5 heteroatoms. The third-order valence-electron chi connectivity index (χ3n) is 1.15. The van der Waals surface area contributed by atoms with Crippen LogP contribution in [0.3, 0.4) is 0 Å². The van der Waals surface area contributed by atoms with Gasteiger partial charge in [-0.05, 0) is 17.7 Å². The van der Waals surface area contributed by atoms with Crippen molar-refractivity contribution in [3.63, 3.8) is 0 Å².